The number of nitrogens with zero attached hydrogens (tertiary/aromatic N) is 1. The Hall–Kier alpha value is -2.48. The lowest BCUT2D eigenvalue weighted by Crippen LogP contribution is -2.11. The number of hydrogen-bond donors (Lipinski definition) is 0. The SMILES string of the molecule is CC(C)(C)c1ccc(C(=O)c2cccc3cccnc23)cc1. The molecule has 0 aliphatic rings. The number of aromatic nitrogens is 1. The number of hydrogen-bond acceptors (Lipinski definition) is 2. The second kappa shape index (κ2) is 5.38. The first-order valence-corrected chi connectivity index (χ1v) is 7.46. The summed E-state index contributed by atoms with van der Waals surface area (Å²) in [4.78, 5) is 17.1. The Balaban J connectivity index is 2.03. The van der Waals surface area contributed by atoms with Crippen LogP contribution in [0.3, 0.4) is 0 Å². The molecule has 0 unspecified atom stereocenters. The van der Waals surface area contributed by atoms with Crippen LogP contribution in [-0.4, -0.2) is 10.8 Å². The summed E-state index contributed by atoms with van der Waals surface area (Å²) < 4.78 is 0. The van der Waals surface area contributed by atoms with Crippen LogP contribution in [-0.2, 0) is 5.41 Å². The summed E-state index contributed by atoms with van der Waals surface area (Å²) in [6.07, 6.45) is 1.72. The van der Waals surface area contributed by atoms with Crippen LogP contribution >= 0.6 is 0 Å². The Bertz CT molecular complexity index is 821. The third-order valence-corrected chi connectivity index (χ3v) is 3.89. The van der Waals surface area contributed by atoms with Gasteiger partial charge in [-0.2, -0.15) is 0 Å². The molecular weight excluding hydrogens is 270 g/mol. The molecule has 0 spiro atoms. The van der Waals surface area contributed by atoms with Crippen LogP contribution in [0.1, 0.15) is 42.3 Å². The van der Waals surface area contributed by atoms with Gasteiger partial charge in [-0.1, -0.05) is 63.2 Å². The molecule has 0 radical (unpaired) electrons. The maximum atomic E-state index is 12.8. The number of benzene rings is 2. The standard InChI is InChI=1S/C20H19NO/c1-20(2,3)16-11-9-15(10-12-16)19(22)17-8-4-6-14-7-5-13-21-18(14)17/h4-13H,1-3H3. The fourth-order valence-electron chi connectivity index (χ4n) is 2.56. The first kappa shape index (κ1) is 14.5. The van der Waals surface area contributed by atoms with Gasteiger partial charge in [-0.3, -0.25) is 9.78 Å². The van der Waals surface area contributed by atoms with E-state index in [1.807, 2.05) is 54.6 Å². The molecule has 0 aliphatic carbocycles. The van der Waals surface area contributed by atoms with E-state index in [0.29, 0.717) is 11.1 Å². The third-order valence-electron chi connectivity index (χ3n) is 3.89. The molecule has 2 heteroatoms. The summed E-state index contributed by atoms with van der Waals surface area (Å²) in [7, 11) is 0. The Morgan fingerprint density at radius 2 is 1.59 bits per heavy atom. The van der Waals surface area contributed by atoms with Crippen molar-refractivity contribution in [3.05, 3.63) is 77.5 Å². The van der Waals surface area contributed by atoms with Gasteiger partial charge < -0.3 is 0 Å². The number of carbonyl (C=O) groups is 1. The van der Waals surface area contributed by atoms with Crippen LogP contribution in [0.15, 0.2) is 60.8 Å². The predicted molar refractivity (Wildman–Crippen MR) is 90.3 cm³/mol. The minimum Gasteiger partial charge on any atom is -0.289 e. The van der Waals surface area contributed by atoms with Gasteiger partial charge in [0.15, 0.2) is 5.78 Å². The van der Waals surface area contributed by atoms with E-state index in [-0.39, 0.29) is 11.2 Å². The smallest absolute Gasteiger partial charge is 0.195 e. The van der Waals surface area contributed by atoms with E-state index >= 15 is 0 Å². The Morgan fingerprint density at radius 3 is 2.27 bits per heavy atom. The number of rotatable bonds is 2. The van der Waals surface area contributed by atoms with E-state index in [1.165, 1.54) is 5.56 Å². The summed E-state index contributed by atoms with van der Waals surface area (Å²) in [5.41, 5.74) is 3.42. The molecule has 3 aromatic rings. The van der Waals surface area contributed by atoms with Crippen molar-refractivity contribution in [1.82, 2.24) is 4.98 Å². The maximum absolute atomic E-state index is 12.8. The van der Waals surface area contributed by atoms with Crippen molar-refractivity contribution in [1.29, 1.82) is 0 Å². The first-order valence-electron chi connectivity index (χ1n) is 7.46. The second-order valence-corrected chi connectivity index (χ2v) is 6.54. The molecule has 0 amide bonds. The zero-order chi connectivity index (χ0) is 15.7. The Morgan fingerprint density at radius 1 is 0.909 bits per heavy atom. The molecule has 1 aromatic heterocycles. The van der Waals surface area contributed by atoms with E-state index in [2.05, 4.69) is 25.8 Å². The molecule has 0 atom stereocenters. The molecule has 3 rings (SSSR count). The minimum absolute atomic E-state index is 0.0183. The molecule has 0 N–H and O–H groups in total. The fraction of sp³-hybridized carbons (Fsp3) is 0.200. The van der Waals surface area contributed by atoms with Gasteiger partial charge in [0.05, 0.1) is 5.52 Å². The van der Waals surface area contributed by atoms with Gasteiger partial charge in [0, 0.05) is 22.7 Å². The zero-order valence-corrected chi connectivity index (χ0v) is 13.1. The molecular formula is C20H19NO. The van der Waals surface area contributed by atoms with E-state index in [9.17, 15) is 4.79 Å². The maximum Gasteiger partial charge on any atom is 0.195 e. The Kier molecular flexibility index (Phi) is 3.53. The van der Waals surface area contributed by atoms with Crippen LogP contribution in [0.4, 0.5) is 0 Å². The molecule has 22 heavy (non-hydrogen) atoms. The number of ketones is 1. The average Bonchev–Trinajstić information content (AvgIpc) is 2.53. The van der Waals surface area contributed by atoms with Crippen molar-refractivity contribution in [2.45, 2.75) is 26.2 Å². The molecule has 2 aromatic carbocycles. The third kappa shape index (κ3) is 2.64. The highest BCUT2D eigenvalue weighted by Crippen LogP contribution is 2.24. The summed E-state index contributed by atoms with van der Waals surface area (Å²) in [6.45, 7) is 6.50. The molecule has 0 aliphatic heterocycles. The second-order valence-electron chi connectivity index (χ2n) is 6.54. The van der Waals surface area contributed by atoms with Gasteiger partial charge in [0.25, 0.3) is 0 Å². The number of pyridine rings is 1. The lowest BCUT2D eigenvalue weighted by Gasteiger charge is -2.19. The van der Waals surface area contributed by atoms with E-state index in [1.54, 1.807) is 6.20 Å². The van der Waals surface area contributed by atoms with Gasteiger partial charge in [0.1, 0.15) is 0 Å². The van der Waals surface area contributed by atoms with Crippen LogP contribution < -0.4 is 0 Å². The minimum atomic E-state index is 0.0183. The first-order chi connectivity index (χ1) is 10.5. The van der Waals surface area contributed by atoms with Gasteiger partial charge in [-0.05, 0) is 23.1 Å². The highest BCUT2D eigenvalue weighted by Gasteiger charge is 2.16. The van der Waals surface area contributed by atoms with Crippen molar-refractivity contribution >= 4 is 16.7 Å². The molecule has 0 fully saturated rings. The summed E-state index contributed by atoms with van der Waals surface area (Å²) in [5.74, 6) is 0.0183. The monoisotopic (exact) mass is 289 g/mol. The average molecular weight is 289 g/mol. The molecule has 1 heterocycles. The zero-order valence-electron chi connectivity index (χ0n) is 13.1. The summed E-state index contributed by atoms with van der Waals surface area (Å²) in [6, 6.07) is 17.5. The molecule has 2 nitrogen and oxygen atoms in total. The largest absolute Gasteiger partial charge is 0.289 e. The van der Waals surface area contributed by atoms with E-state index < -0.39 is 0 Å². The van der Waals surface area contributed by atoms with Crippen LogP contribution in [0.25, 0.3) is 10.9 Å². The van der Waals surface area contributed by atoms with Gasteiger partial charge >= 0.3 is 0 Å². The van der Waals surface area contributed by atoms with Crippen molar-refractivity contribution in [3.63, 3.8) is 0 Å². The van der Waals surface area contributed by atoms with Crippen molar-refractivity contribution in [2.75, 3.05) is 0 Å². The topological polar surface area (TPSA) is 30.0 Å². The Labute approximate surface area is 130 Å². The van der Waals surface area contributed by atoms with Crippen molar-refractivity contribution in [2.24, 2.45) is 0 Å². The molecule has 110 valence electrons. The summed E-state index contributed by atoms with van der Waals surface area (Å²) >= 11 is 0. The van der Waals surface area contributed by atoms with Gasteiger partial charge in [0.2, 0.25) is 0 Å². The van der Waals surface area contributed by atoms with E-state index in [0.717, 1.165) is 10.9 Å². The number of para-hydroxylation sites is 1. The van der Waals surface area contributed by atoms with Crippen LogP contribution in [0.5, 0.6) is 0 Å². The quantitative estimate of drug-likeness (QED) is 0.636. The molecule has 0 saturated heterocycles. The van der Waals surface area contributed by atoms with Crippen LogP contribution in [0, 0.1) is 0 Å². The highest BCUT2D eigenvalue weighted by molar-refractivity contribution is 6.15. The van der Waals surface area contributed by atoms with Gasteiger partial charge in [-0.25, -0.2) is 0 Å². The molecule has 0 bridgehead atoms. The normalized spacial score (nSPS) is 11.6. The highest BCUT2D eigenvalue weighted by atomic mass is 16.1. The lowest BCUT2D eigenvalue weighted by atomic mass is 9.86. The number of carbonyl (C=O) groups excluding carboxylic acids is 1. The van der Waals surface area contributed by atoms with Crippen LogP contribution in [0.2, 0.25) is 0 Å². The predicted octanol–water partition coefficient (Wildman–Crippen LogP) is 4.76. The number of fused-ring (bicyclic) bond motifs is 1. The molecule has 0 saturated carbocycles. The fourth-order valence-corrected chi connectivity index (χ4v) is 2.56. The lowest BCUT2D eigenvalue weighted by molar-refractivity contribution is 0.104. The summed E-state index contributed by atoms with van der Waals surface area (Å²) in [5, 5.41) is 0.986. The van der Waals surface area contributed by atoms with Gasteiger partial charge in [-0.15, -0.1) is 0 Å². The van der Waals surface area contributed by atoms with Crippen molar-refractivity contribution in [3.8, 4) is 0 Å². The van der Waals surface area contributed by atoms with Crippen molar-refractivity contribution < 1.29 is 4.79 Å². The van der Waals surface area contributed by atoms with E-state index in [4.69, 9.17) is 0 Å².